The van der Waals surface area contributed by atoms with Crippen molar-refractivity contribution in [1.82, 2.24) is 15.5 Å². The predicted octanol–water partition coefficient (Wildman–Crippen LogP) is -1.13. The molecule has 1 amide bonds. The Morgan fingerprint density at radius 1 is 1.44 bits per heavy atom. The molecule has 1 atom stereocenters. The van der Waals surface area contributed by atoms with Gasteiger partial charge in [-0.05, 0) is 26.4 Å². The first-order chi connectivity index (χ1) is 7.59. The van der Waals surface area contributed by atoms with E-state index in [1.54, 1.807) is 0 Å². The molecule has 1 saturated heterocycles. The number of hydrogen-bond acceptors (Lipinski definition) is 4. The highest BCUT2D eigenvalue weighted by Crippen LogP contribution is 1.95. The second kappa shape index (κ2) is 6.44. The van der Waals surface area contributed by atoms with E-state index < -0.39 is 12.0 Å². The number of carbonyl (C=O) groups is 2. The SMILES string of the molecule is C[C@H](NC(=O)CN1CCCNCC1)C(=O)O. The molecule has 1 rings (SSSR count). The summed E-state index contributed by atoms with van der Waals surface area (Å²) in [5.41, 5.74) is 0. The van der Waals surface area contributed by atoms with E-state index >= 15 is 0 Å². The summed E-state index contributed by atoms with van der Waals surface area (Å²) in [6.45, 7) is 5.30. The number of carbonyl (C=O) groups excluding carboxylic acids is 1. The van der Waals surface area contributed by atoms with Gasteiger partial charge in [0.05, 0.1) is 6.54 Å². The van der Waals surface area contributed by atoms with Crippen molar-refractivity contribution < 1.29 is 14.7 Å². The molecule has 1 heterocycles. The van der Waals surface area contributed by atoms with Gasteiger partial charge in [-0.25, -0.2) is 0 Å². The third-order valence-electron chi connectivity index (χ3n) is 2.55. The Bertz CT molecular complexity index is 250. The highest BCUT2D eigenvalue weighted by atomic mass is 16.4. The smallest absolute Gasteiger partial charge is 0.325 e. The molecule has 0 unspecified atom stereocenters. The maximum absolute atomic E-state index is 11.5. The molecule has 6 nitrogen and oxygen atoms in total. The van der Waals surface area contributed by atoms with E-state index in [-0.39, 0.29) is 12.5 Å². The van der Waals surface area contributed by atoms with Crippen LogP contribution in [0.5, 0.6) is 0 Å². The summed E-state index contributed by atoms with van der Waals surface area (Å²) >= 11 is 0. The summed E-state index contributed by atoms with van der Waals surface area (Å²) in [5, 5.41) is 14.3. The molecule has 1 aliphatic heterocycles. The van der Waals surface area contributed by atoms with Crippen molar-refractivity contribution in [3.05, 3.63) is 0 Å². The van der Waals surface area contributed by atoms with Crippen molar-refractivity contribution in [3.8, 4) is 0 Å². The van der Waals surface area contributed by atoms with Crippen LogP contribution in [0.15, 0.2) is 0 Å². The zero-order chi connectivity index (χ0) is 12.0. The topological polar surface area (TPSA) is 81.7 Å². The highest BCUT2D eigenvalue weighted by Gasteiger charge is 2.17. The van der Waals surface area contributed by atoms with Crippen molar-refractivity contribution in [2.45, 2.75) is 19.4 Å². The Balaban J connectivity index is 2.29. The minimum atomic E-state index is -1.01. The van der Waals surface area contributed by atoms with E-state index in [1.807, 2.05) is 4.90 Å². The summed E-state index contributed by atoms with van der Waals surface area (Å²) in [6, 6.07) is -0.822. The van der Waals surface area contributed by atoms with Gasteiger partial charge in [0.1, 0.15) is 6.04 Å². The number of aliphatic carboxylic acids is 1. The molecule has 16 heavy (non-hydrogen) atoms. The van der Waals surface area contributed by atoms with Crippen LogP contribution in [0, 0.1) is 0 Å². The normalized spacial score (nSPS) is 19.8. The first kappa shape index (κ1) is 12.9. The Kier molecular flexibility index (Phi) is 5.21. The Hall–Kier alpha value is -1.14. The predicted molar refractivity (Wildman–Crippen MR) is 59.2 cm³/mol. The molecule has 1 aliphatic rings. The van der Waals surface area contributed by atoms with Crippen molar-refractivity contribution in [1.29, 1.82) is 0 Å². The van der Waals surface area contributed by atoms with Crippen LogP contribution in [0.4, 0.5) is 0 Å². The number of carboxylic acid groups (broad SMARTS) is 1. The quantitative estimate of drug-likeness (QED) is 0.568. The first-order valence-electron chi connectivity index (χ1n) is 5.55. The van der Waals surface area contributed by atoms with Crippen molar-refractivity contribution in [3.63, 3.8) is 0 Å². The minimum absolute atomic E-state index is 0.225. The van der Waals surface area contributed by atoms with E-state index in [9.17, 15) is 9.59 Å². The third-order valence-corrected chi connectivity index (χ3v) is 2.55. The second-order valence-corrected chi connectivity index (χ2v) is 4.01. The zero-order valence-electron chi connectivity index (χ0n) is 9.53. The lowest BCUT2D eigenvalue weighted by atomic mass is 10.3. The van der Waals surface area contributed by atoms with E-state index in [1.165, 1.54) is 6.92 Å². The Labute approximate surface area is 95.0 Å². The number of carboxylic acids is 1. The summed E-state index contributed by atoms with van der Waals surface area (Å²) in [5.74, 6) is -1.23. The van der Waals surface area contributed by atoms with E-state index in [0.29, 0.717) is 0 Å². The molecule has 92 valence electrons. The van der Waals surface area contributed by atoms with Crippen LogP contribution in [0.1, 0.15) is 13.3 Å². The molecule has 1 fully saturated rings. The molecule has 0 bridgehead atoms. The van der Waals surface area contributed by atoms with E-state index in [2.05, 4.69) is 10.6 Å². The molecule has 0 radical (unpaired) electrons. The van der Waals surface area contributed by atoms with Crippen molar-refractivity contribution >= 4 is 11.9 Å². The van der Waals surface area contributed by atoms with Crippen LogP contribution in [-0.4, -0.2) is 60.6 Å². The maximum atomic E-state index is 11.5. The zero-order valence-corrected chi connectivity index (χ0v) is 9.53. The molecular weight excluding hydrogens is 210 g/mol. The summed E-state index contributed by atoms with van der Waals surface area (Å²) < 4.78 is 0. The summed E-state index contributed by atoms with van der Waals surface area (Å²) in [7, 11) is 0. The van der Waals surface area contributed by atoms with E-state index in [4.69, 9.17) is 5.11 Å². The van der Waals surface area contributed by atoms with Crippen LogP contribution in [0.2, 0.25) is 0 Å². The fourth-order valence-electron chi connectivity index (χ4n) is 1.61. The monoisotopic (exact) mass is 229 g/mol. The molecule has 3 N–H and O–H groups in total. The van der Waals surface area contributed by atoms with Gasteiger partial charge in [-0.1, -0.05) is 0 Å². The lowest BCUT2D eigenvalue weighted by Crippen LogP contribution is -2.44. The van der Waals surface area contributed by atoms with Gasteiger partial charge in [-0.3, -0.25) is 14.5 Å². The number of amides is 1. The maximum Gasteiger partial charge on any atom is 0.325 e. The lowest BCUT2D eigenvalue weighted by Gasteiger charge is -2.19. The second-order valence-electron chi connectivity index (χ2n) is 4.01. The number of nitrogens with one attached hydrogen (secondary N) is 2. The number of nitrogens with zero attached hydrogens (tertiary/aromatic N) is 1. The van der Waals surface area contributed by atoms with Gasteiger partial charge in [0.25, 0.3) is 0 Å². The molecule has 0 aromatic rings. The van der Waals surface area contributed by atoms with Gasteiger partial charge >= 0.3 is 5.97 Å². The van der Waals surface area contributed by atoms with Gasteiger partial charge in [-0.15, -0.1) is 0 Å². The van der Waals surface area contributed by atoms with Gasteiger partial charge in [0, 0.05) is 13.1 Å². The van der Waals surface area contributed by atoms with Crippen LogP contribution < -0.4 is 10.6 Å². The lowest BCUT2D eigenvalue weighted by molar-refractivity contribution is -0.141. The van der Waals surface area contributed by atoms with Gasteiger partial charge in [-0.2, -0.15) is 0 Å². The van der Waals surface area contributed by atoms with Crippen molar-refractivity contribution in [2.75, 3.05) is 32.7 Å². The molecule has 0 spiro atoms. The standard InChI is InChI=1S/C10H19N3O3/c1-8(10(15)16)12-9(14)7-13-5-2-3-11-4-6-13/h8,11H,2-7H2,1H3,(H,12,14)(H,15,16)/t8-/m0/s1. The Morgan fingerprint density at radius 2 is 2.19 bits per heavy atom. The van der Waals surface area contributed by atoms with Crippen LogP contribution in [-0.2, 0) is 9.59 Å². The van der Waals surface area contributed by atoms with Gasteiger partial charge in [0.2, 0.25) is 5.91 Å². The van der Waals surface area contributed by atoms with Crippen LogP contribution in [0.25, 0.3) is 0 Å². The summed E-state index contributed by atoms with van der Waals surface area (Å²) in [6.07, 6.45) is 1.02. The minimum Gasteiger partial charge on any atom is -0.480 e. The van der Waals surface area contributed by atoms with Crippen molar-refractivity contribution in [2.24, 2.45) is 0 Å². The van der Waals surface area contributed by atoms with E-state index in [0.717, 1.165) is 32.6 Å². The largest absolute Gasteiger partial charge is 0.480 e. The number of hydrogen-bond donors (Lipinski definition) is 3. The van der Waals surface area contributed by atoms with Crippen LogP contribution >= 0.6 is 0 Å². The van der Waals surface area contributed by atoms with Gasteiger partial charge in [0.15, 0.2) is 0 Å². The average molecular weight is 229 g/mol. The average Bonchev–Trinajstić information content (AvgIpc) is 2.45. The number of rotatable bonds is 4. The Morgan fingerprint density at radius 3 is 2.88 bits per heavy atom. The molecular formula is C10H19N3O3. The molecule has 0 aromatic carbocycles. The molecule has 6 heteroatoms. The molecule has 0 saturated carbocycles. The third kappa shape index (κ3) is 4.59. The highest BCUT2D eigenvalue weighted by molar-refractivity contribution is 5.84. The van der Waals surface area contributed by atoms with Crippen LogP contribution in [0.3, 0.4) is 0 Å². The fraction of sp³-hybridized carbons (Fsp3) is 0.800. The first-order valence-corrected chi connectivity index (χ1v) is 5.55. The molecule has 0 aromatic heterocycles. The summed E-state index contributed by atoms with van der Waals surface area (Å²) in [4.78, 5) is 24.1. The fourth-order valence-corrected chi connectivity index (χ4v) is 1.61. The van der Waals surface area contributed by atoms with Gasteiger partial charge < -0.3 is 15.7 Å². The molecule has 0 aliphatic carbocycles.